The van der Waals surface area contributed by atoms with Crippen molar-refractivity contribution in [3.63, 3.8) is 0 Å². The van der Waals surface area contributed by atoms with Gasteiger partial charge < -0.3 is 16.0 Å². The molecule has 0 saturated heterocycles. The van der Waals surface area contributed by atoms with Crippen molar-refractivity contribution in [2.75, 3.05) is 6.54 Å². The van der Waals surface area contributed by atoms with Gasteiger partial charge in [-0.3, -0.25) is 0 Å². The molecule has 4 nitrogen and oxygen atoms in total. The van der Waals surface area contributed by atoms with Crippen molar-refractivity contribution in [1.29, 1.82) is 0 Å². The highest BCUT2D eigenvalue weighted by atomic mass is 16.2. The second kappa shape index (κ2) is 8.44. The molecule has 1 aliphatic heterocycles. The minimum absolute atomic E-state index is 0.00430. The monoisotopic (exact) mass is 373 g/mol. The largest absolute Gasteiger partial charge is 0.337 e. The van der Waals surface area contributed by atoms with Crippen molar-refractivity contribution in [3.05, 3.63) is 83.4 Å². The van der Waals surface area contributed by atoms with Crippen LogP contribution in [0.4, 0.5) is 4.79 Å². The van der Waals surface area contributed by atoms with Crippen LogP contribution in [-0.2, 0) is 13.0 Å². The van der Waals surface area contributed by atoms with Crippen LogP contribution in [-0.4, -0.2) is 18.6 Å². The molecule has 1 heterocycles. The summed E-state index contributed by atoms with van der Waals surface area (Å²) < 4.78 is 0. The van der Waals surface area contributed by atoms with Crippen molar-refractivity contribution in [2.24, 2.45) is 0 Å². The number of hydrogen-bond acceptors (Lipinski definition) is 2. The minimum atomic E-state index is -0.110. The molecule has 28 heavy (non-hydrogen) atoms. The Morgan fingerprint density at radius 2 is 1.79 bits per heavy atom. The van der Waals surface area contributed by atoms with Crippen molar-refractivity contribution in [2.45, 2.75) is 38.4 Å². The van der Waals surface area contributed by atoms with Gasteiger partial charge >= 0.3 is 6.03 Å². The van der Waals surface area contributed by atoms with E-state index in [1.54, 1.807) is 0 Å². The smallest absolute Gasteiger partial charge is 0.315 e. The van der Waals surface area contributed by atoms with E-state index in [0.717, 1.165) is 24.9 Å². The van der Waals surface area contributed by atoms with E-state index in [4.69, 9.17) is 0 Å². The molecule has 2 amide bonds. The first-order valence-corrected chi connectivity index (χ1v) is 10.1. The van der Waals surface area contributed by atoms with Gasteiger partial charge in [-0.2, -0.15) is 0 Å². The van der Waals surface area contributed by atoms with Gasteiger partial charge in [-0.05, 0) is 46.4 Å². The molecule has 0 radical (unpaired) electrons. The fourth-order valence-electron chi connectivity index (χ4n) is 3.94. The number of urea groups is 1. The number of carbonyl (C=O) groups is 1. The van der Waals surface area contributed by atoms with Crippen LogP contribution in [0, 0.1) is 0 Å². The summed E-state index contributed by atoms with van der Waals surface area (Å²) in [5.41, 5.74) is 3.86. The zero-order valence-corrected chi connectivity index (χ0v) is 16.2. The zero-order valence-electron chi connectivity index (χ0n) is 16.2. The van der Waals surface area contributed by atoms with E-state index in [1.165, 1.54) is 21.9 Å². The van der Waals surface area contributed by atoms with Gasteiger partial charge in [0, 0.05) is 19.1 Å². The molecule has 0 saturated carbocycles. The molecule has 3 aromatic rings. The number of hydrogen-bond donors (Lipinski definition) is 3. The lowest BCUT2D eigenvalue weighted by atomic mass is 9.96. The van der Waals surface area contributed by atoms with Crippen LogP contribution in [0.15, 0.2) is 66.7 Å². The topological polar surface area (TPSA) is 53.2 Å². The molecular weight excluding hydrogens is 346 g/mol. The van der Waals surface area contributed by atoms with Gasteiger partial charge in [0.2, 0.25) is 0 Å². The SMILES string of the molecule is CC[C@H](NC(=O)NC[C@@H]1Cc2ccccc2CN1)c1ccc2ccccc2c1. The van der Waals surface area contributed by atoms with E-state index < -0.39 is 0 Å². The first kappa shape index (κ1) is 18.5. The third kappa shape index (κ3) is 4.18. The van der Waals surface area contributed by atoms with E-state index in [0.29, 0.717) is 6.54 Å². The number of nitrogens with one attached hydrogen (secondary N) is 3. The lowest BCUT2D eigenvalue weighted by Crippen LogP contribution is -2.47. The first-order valence-electron chi connectivity index (χ1n) is 10.1. The standard InChI is InChI=1S/C24H27N3O/c1-2-23(20-12-11-17-7-3-4-8-18(17)13-20)27-24(28)26-16-22-14-19-9-5-6-10-21(19)15-25-22/h3-13,22-23,25H,2,14-16H2,1H3,(H2,26,27,28)/t22-,23-/m0/s1. The Labute approximate surface area is 166 Å². The predicted molar refractivity (Wildman–Crippen MR) is 114 cm³/mol. The van der Waals surface area contributed by atoms with Crippen molar-refractivity contribution in [3.8, 4) is 0 Å². The van der Waals surface area contributed by atoms with Crippen LogP contribution in [0.1, 0.15) is 36.1 Å². The Hall–Kier alpha value is -2.85. The van der Waals surface area contributed by atoms with E-state index in [-0.39, 0.29) is 18.1 Å². The van der Waals surface area contributed by atoms with Crippen LogP contribution >= 0.6 is 0 Å². The molecular formula is C24H27N3O. The number of fused-ring (bicyclic) bond motifs is 2. The molecule has 1 aliphatic rings. The molecule has 0 aromatic heterocycles. The zero-order chi connectivity index (χ0) is 19.3. The average molecular weight is 374 g/mol. The Kier molecular flexibility index (Phi) is 5.58. The van der Waals surface area contributed by atoms with Crippen molar-refractivity contribution >= 4 is 16.8 Å². The molecule has 3 aromatic carbocycles. The summed E-state index contributed by atoms with van der Waals surface area (Å²) in [5, 5.41) is 12.1. The molecule has 0 bridgehead atoms. The molecule has 0 fully saturated rings. The average Bonchev–Trinajstić information content (AvgIpc) is 2.75. The summed E-state index contributed by atoms with van der Waals surface area (Å²) in [7, 11) is 0. The molecule has 144 valence electrons. The summed E-state index contributed by atoms with van der Waals surface area (Å²) in [4.78, 5) is 12.5. The fraction of sp³-hybridized carbons (Fsp3) is 0.292. The second-order valence-electron chi connectivity index (χ2n) is 7.47. The number of amides is 2. The van der Waals surface area contributed by atoms with Crippen LogP contribution < -0.4 is 16.0 Å². The normalized spacial score (nSPS) is 17.0. The van der Waals surface area contributed by atoms with Crippen LogP contribution in [0.5, 0.6) is 0 Å². The van der Waals surface area contributed by atoms with Gasteiger partial charge in [-0.25, -0.2) is 4.79 Å². The molecule has 2 atom stereocenters. The van der Waals surface area contributed by atoms with E-state index >= 15 is 0 Å². The van der Waals surface area contributed by atoms with Crippen LogP contribution in [0.3, 0.4) is 0 Å². The Bertz CT molecular complexity index is 969. The predicted octanol–water partition coefficient (Wildman–Crippen LogP) is 4.30. The van der Waals surface area contributed by atoms with E-state index in [2.05, 4.69) is 77.5 Å². The number of benzene rings is 3. The van der Waals surface area contributed by atoms with Crippen molar-refractivity contribution in [1.82, 2.24) is 16.0 Å². The quantitative estimate of drug-likeness (QED) is 0.624. The van der Waals surface area contributed by atoms with E-state index in [9.17, 15) is 4.79 Å². The molecule has 4 rings (SSSR count). The Morgan fingerprint density at radius 3 is 2.61 bits per heavy atom. The van der Waals surface area contributed by atoms with Gasteiger partial charge in [0.1, 0.15) is 0 Å². The maximum Gasteiger partial charge on any atom is 0.315 e. The highest BCUT2D eigenvalue weighted by Crippen LogP contribution is 2.22. The maximum atomic E-state index is 12.5. The summed E-state index contributed by atoms with van der Waals surface area (Å²) in [6.07, 6.45) is 1.79. The summed E-state index contributed by atoms with van der Waals surface area (Å²) in [6.45, 7) is 3.58. The summed E-state index contributed by atoms with van der Waals surface area (Å²) in [5.74, 6) is 0. The van der Waals surface area contributed by atoms with Crippen LogP contribution in [0.25, 0.3) is 10.8 Å². The molecule has 0 aliphatic carbocycles. The lowest BCUT2D eigenvalue weighted by molar-refractivity contribution is 0.235. The molecule has 0 unspecified atom stereocenters. The summed E-state index contributed by atoms with van der Waals surface area (Å²) in [6, 6.07) is 23.4. The lowest BCUT2D eigenvalue weighted by Gasteiger charge is -2.27. The third-order valence-electron chi connectivity index (χ3n) is 5.56. The first-order chi connectivity index (χ1) is 13.7. The maximum absolute atomic E-state index is 12.5. The highest BCUT2D eigenvalue weighted by Gasteiger charge is 2.19. The third-order valence-corrected chi connectivity index (χ3v) is 5.56. The molecule has 4 heteroatoms. The minimum Gasteiger partial charge on any atom is -0.337 e. The van der Waals surface area contributed by atoms with Gasteiger partial charge in [0.25, 0.3) is 0 Å². The van der Waals surface area contributed by atoms with E-state index in [1.807, 2.05) is 12.1 Å². The van der Waals surface area contributed by atoms with Gasteiger partial charge in [-0.15, -0.1) is 0 Å². The second-order valence-corrected chi connectivity index (χ2v) is 7.47. The number of carbonyl (C=O) groups excluding carboxylic acids is 1. The van der Waals surface area contributed by atoms with Crippen LogP contribution in [0.2, 0.25) is 0 Å². The molecule has 3 N–H and O–H groups in total. The molecule has 0 spiro atoms. The highest BCUT2D eigenvalue weighted by molar-refractivity contribution is 5.83. The van der Waals surface area contributed by atoms with Crippen molar-refractivity contribution < 1.29 is 4.79 Å². The Balaban J connectivity index is 1.34. The fourth-order valence-corrected chi connectivity index (χ4v) is 3.94. The summed E-state index contributed by atoms with van der Waals surface area (Å²) >= 11 is 0. The Morgan fingerprint density at radius 1 is 1.04 bits per heavy atom. The van der Waals surface area contributed by atoms with Gasteiger partial charge in [0.15, 0.2) is 0 Å². The van der Waals surface area contributed by atoms with Gasteiger partial charge in [0.05, 0.1) is 6.04 Å². The number of rotatable bonds is 5. The van der Waals surface area contributed by atoms with Gasteiger partial charge in [-0.1, -0.05) is 67.6 Å².